The smallest absolute Gasteiger partial charge is 0.310 e. The standard InChI is InChI=1S/C24H29NO5/c1-29-22-21(30-14-11-18-9-5-4-6-10-18)15-19(17-25-22)20(26)16-24(23(27)28)12-7-2-3-8-13-24/h4-6,9-10,15,17H,2-3,7-8,11-14,16H2,1H3,(H,27,28). The second kappa shape index (κ2) is 10.2. The van der Waals surface area contributed by atoms with Gasteiger partial charge in [0.1, 0.15) is 0 Å². The number of nitrogens with zero attached hydrogens (tertiary/aromatic N) is 1. The third-order valence-electron chi connectivity index (χ3n) is 5.84. The van der Waals surface area contributed by atoms with Gasteiger partial charge < -0.3 is 14.6 Å². The number of methoxy groups -OCH3 is 1. The summed E-state index contributed by atoms with van der Waals surface area (Å²) in [7, 11) is 1.50. The summed E-state index contributed by atoms with van der Waals surface area (Å²) >= 11 is 0. The zero-order valence-corrected chi connectivity index (χ0v) is 17.4. The molecule has 1 aliphatic rings. The van der Waals surface area contributed by atoms with Gasteiger partial charge in [-0.05, 0) is 24.5 Å². The van der Waals surface area contributed by atoms with Gasteiger partial charge in [0.2, 0.25) is 0 Å². The van der Waals surface area contributed by atoms with E-state index < -0.39 is 11.4 Å². The Morgan fingerprint density at radius 3 is 2.43 bits per heavy atom. The molecular weight excluding hydrogens is 382 g/mol. The Morgan fingerprint density at radius 1 is 1.10 bits per heavy atom. The molecule has 0 atom stereocenters. The van der Waals surface area contributed by atoms with Gasteiger partial charge in [-0.1, -0.05) is 56.0 Å². The molecule has 0 amide bonds. The largest absolute Gasteiger partial charge is 0.488 e. The lowest BCUT2D eigenvalue weighted by molar-refractivity contribution is -0.149. The van der Waals surface area contributed by atoms with Gasteiger partial charge in [-0.3, -0.25) is 9.59 Å². The number of aromatic nitrogens is 1. The highest BCUT2D eigenvalue weighted by Gasteiger charge is 2.40. The molecule has 0 saturated heterocycles. The van der Waals surface area contributed by atoms with Crippen LogP contribution in [0.4, 0.5) is 0 Å². The van der Waals surface area contributed by atoms with E-state index in [1.54, 1.807) is 6.07 Å². The van der Waals surface area contributed by atoms with Crippen LogP contribution < -0.4 is 9.47 Å². The summed E-state index contributed by atoms with van der Waals surface area (Å²) in [6.45, 7) is 0.415. The number of hydrogen-bond donors (Lipinski definition) is 1. The van der Waals surface area contributed by atoms with E-state index in [1.165, 1.54) is 13.3 Å². The van der Waals surface area contributed by atoms with Crippen molar-refractivity contribution in [2.75, 3.05) is 13.7 Å². The number of ketones is 1. The highest BCUT2D eigenvalue weighted by atomic mass is 16.5. The normalized spacial score (nSPS) is 15.8. The van der Waals surface area contributed by atoms with Gasteiger partial charge in [-0.2, -0.15) is 0 Å². The predicted molar refractivity (Wildman–Crippen MR) is 113 cm³/mol. The predicted octanol–water partition coefficient (Wildman–Crippen LogP) is 4.71. The molecule has 1 aliphatic carbocycles. The molecule has 1 aromatic heterocycles. The van der Waals surface area contributed by atoms with Crippen molar-refractivity contribution >= 4 is 11.8 Å². The highest BCUT2D eigenvalue weighted by Crippen LogP contribution is 2.39. The third kappa shape index (κ3) is 5.38. The van der Waals surface area contributed by atoms with Crippen molar-refractivity contribution in [2.24, 2.45) is 5.41 Å². The fourth-order valence-electron chi connectivity index (χ4n) is 4.05. The molecule has 0 aliphatic heterocycles. The summed E-state index contributed by atoms with van der Waals surface area (Å²) in [6, 6.07) is 11.6. The first-order valence-electron chi connectivity index (χ1n) is 10.5. The number of carboxylic acid groups (broad SMARTS) is 1. The minimum Gasteiger partial charge on any atom is -0.488 e. The molecule has 1 aromatic carbocycles. The molecule has 30 heavy (non-hydrogen) atoms. The number of Topliss-reactive ketones (excluding diaryl/α,β-unsaturated/α-hetero) is 1. The lowest BCUT2D eigenvalue weighted by Crippen LogP contribution is -2.33. The van der Waals surface area contributed by atoms with Crippen LogP contribution in [0.2, 0.25) is 0 Å². The minimum atomic E-state index is -0.984. The van der Waals surface area contributed by atoms with Crippen molar-refractivity contribution in [1.29, 1.82) is 0 Å². The number of rotatable bonds is 9. The van der Waals surface area contributed by atoms with Gasteiger partial charge >= 0.3 is 5.97 Å². The second-order valence-electron chi connectivity index (χ2n) is 7.92. The third-order valence-corrected chi connectivity index (χ3v) is 5.84. The summed E-state index contributed by atoms with van der Waals surface area (Å²) < 4.78 is 11.1. The molecule has 0 unspecified atom stereocenters. The molecular formula is C24H29NO5. The van der Waals surface area contributed by atoms with Crippen LogP contribution in [0.3, 0.4) is 0 Å². The van der Waals surface area contributed by atoms with Crippen molar-refractivity contribution in [1.82, 2.24) is 4.98 Å². The number of carbonyl (C=O) groups is 2. The van der Waals surface area contributed by atoms with Crippen molar-refractivity contribution in [3.05, 3.63) is 53.7 Å². The van der Waals surface area contributed by atoms with Crippen LogP contribution >= 0.6 is 0 Å². The Kier molecular flexibility index (Phi) is 7.44. The lowest BCUT2D eigenvalue weighted by atomic mass is 9.75. The number of pyridine rings is 1. The molecule has 3 rings (SSSR count). The van der Waals surface area contributed by atoms with Gasteiger partial charge in [0.25, 0.3) is 5.88 Å². The maximum absolute atomic E-state index is 13.0. The van der Waals surface area contributed by atoms with Crippen molar-refractivity contribution in [3.63, 3.8) is 0 Å². The summed E-state index contributed by atoms with van der Waals surface area (Å²) in [5, 5.41) is 9.86. The summed E-state index contributed by atoms with van der Waals surface area (Å²) in [5.41, 5.74) is 0.519. The molecule has 1 N–H and O–H groups in total. The number of hydrogen-bond acceptors (Lipinski definition) is 5. The van der Waals surface area contributed by atoms with Gasteiger partial charge in [-0.15, -0.1) is 0 Å². The van der Waals surface area contributed by atoms with E-state index >= 15 is 0 Å². The van der Waals surface area contributed by atoms with Crippen LogP contribution in [-0.4, -0.2) is 35.6 Å². The van der Waals surface area contributed by atoms with E-state index in [-0.39, 0.29) is 12.2 Å². The van der Waals surface area contributed by atoms with Crippen LogP contribution in [-0.2, 0) is 11.2 Å². The topological polar surface area (TPSA) is 85.7 Å². The van der Waals surface area contributed by atoms with Gasteiger partial charge in [-0.25, -0.2) is 4.98 Å². The van der Waals surface area contributed by atoms with Gasteiger partial charge in [0.05, 0.1) is 19.1 Å². The van der Waals surface area contributed by atoms with E-state index in [0.29, 0.717) is 43.1 Å². The quantitative estimate of drug-likeness (QED) is 0.475. The van der Waals surface area contributed by atoms with Crippen molar-refractivity contribution in [3.8, 4) is 11.6 Å². The maximum atomic E-state index is 13.0. The zero-order chi connectivity index (χ0) is 21.4. The molecule has 1 saturated carbocycles. The average Bonchev–Trinajstić information content (AvgIpc) is 3.01. The van der Waals surface area contributed by atoms with Crippen LogP contribution in [0.25, 0.3) is 0 Å². The number of carbonyl (C=O) groups excluding carboxylic acids is 1. The molecule has 1 heterocycles. The Hall–Kier alpha value is -2.89. The zero-order valence-electron chi connectivity index (χ0n) is 17.4. The maximum Gasteiger partial charge on any atom is 0.310 e. The first-order chi connectivity index (χ1) is 14.5. The molecule has 160 valence electrons. The molecule has 0 spiro atoms. The minimum absolute atomic E-state index is 0.0141. The van der Waals surface area contributed by atoms with E-state index in [9.17, 15) is 14.7 Å². The van der Waals surface area contributed by atoms with E-state index in [0.717, 1.165) is 31.2 Å². The molecule has 1 fully saturated rings. The fraction of sp³-hybridized carbons (Fsp3) is 0.458. The molecule has 0 bridgehead atoms. The van der Waals surface area contributed by atoms with Crippen molar-refractivity contribution in [2.45, 2.75) is 51.4 Å². The Morgan fingerprint density at radius 2 is 1.80 bits per heavy atom. The van der Waals surface area contributed by atoms with Crippen molar-refractivity contribution < 1.29 is 24.2 Å². The lowest BCUT2D eigenvalue weighted by Gasteiger charge is -2.27. The number of benzene rings is 1. The van der Waals surface area contributed by atoms with E-state index in [1.807, 2.05) is 30.3 Å². The Bertz CT molecular complexity index is 857. The van der Waals surface area contributed by atoms with Gasteiger partial charge in [0.15, 0.2) is 11.5 Å². The van der Waals surface area contributed by atoms with E-state index in [2.05, 4.69) is 4.98 Å². The first kappa shape index (κ1) is 21.8. The number of carboxylic acids is 1. The van der Waals surface area contributed by atoms with Gasteiger partial charge in [0, 0.05) is 24.6 Å². The average molecular weight is 411 g/mol. The number of aliphatic carboxylic acids is 1. The molecule has 0 radical (unpaired) electrons. The van der Waals surface area contributed by atoms with E-state index in [4.69, 9.17) is 9.47 Å². The number of ether oxygens (including phenoxy) is 2. The second-order valence-corrected chi connectivity index (χ2v) is 7.92. The monoisotopic (exact) mass is 411 g/mol. The molecule has 6 nitrogen and oxygen atoms in total. The summed E-state index contributed by atoms with van der Waals surface area (Å²) in [4.78, 5) is 29.2. The van der Waals surface area contributed by atoms with Crippen LogP contribution in [0, 0.1) is 5.41 Å². The SMILES string of the molecule is COc1ncc(C(=O)CC2(C(=O)O)CCCCCC2)cc1OCCc1ccccc1. The first-order valence-corrected chi connectivity index (χ1v) is 10.5. The van der Waals surface area contributed by atoms with Crippen LogP contribution in [0.1, 0.15) is 60.9 Å². The Labute approximate surface area is 177 Å². The summed E-state index contributed by atoms with van der Waals surface area (Å²) in [6.07, 6.45) is 6.94. The Balaban J connectivity index is 1.72. The fourth-order valence-corrected chi connectivity index (χ4v) is 4.05. The molecule has 6 heteroatoms. The van der Waals surface area contributed by atoms with Crippen LogP contribution in [0.5, 0.6) is 11.6 Å². The highest BCUT2D eigenvalue weighted by molar-refractivity contribution is 5.99. The molecule has 2 aromatic rings. The summed E-state index contributed by atoms with van der Waals surface area (Å²) in [5.74, 6) is -0.396. The van der Waals surface area contributed by atoms with Crippen LogP contribution in [0.15, 0.2) is 42.6 Å².